The second-order valence-electron chi connectivity index (χ2n) is 5.37. The summed E-state index contributed by atoms with van der Waals surface area (Å²) in [4.78, 5) is 26.0. The van der Waals surface area contributed by atoms with Crippen LogP contribution in [0.25, 0.3) is 0 Å². The van der Waals surface area contributed by atoms with Gasteiger partial charge in [-0.2, -0.15) is 0 Å². The van der Waals surface area contributed by atoms with Crippen LogP contribution >= 0.6 is 0 Å². The first-order valence-electron chi connectivity index (χ1n) is 6.80. The monoisotopic (exact) mass is 272 g/mol. The largest absolute Gasteiger partial charge is 0.481 e. The molecule has 0 aromatic carbocycles. The van der Waals surface area contributed by atoms with Crippen molar-refractivity contribution in [3.63, 3.8) is 0 Å². The molecule has 1 saturated heterocycles. The topological polar surface area (TPSA) is 81.1 Å². The fourth-order valence-corrected chi connectivity index (χ4v) is 2.29. The highest BCUT2D eigenvalue weighted by Crippen LogP contribution is 2.21. The summed E-state index contributed by atoms with van der Waals surface area (Å²) in [7, 11) is 1.73. The van der Waals surface area contributed by atoms with Crippen LogP contribution in [0.4, 0.5) is 4.79 Å². The van der Waals surface area contributed by atoms with Crippen molar-refractivity contribution < 1.29 is 19.8 Å². The van der Waals surface area contributed by atoms with E-state index in [4.69, 9.17) is 5.11 Å². The van der Waals surface area contributed by atoms with Crippen molar-refractivity contribution in [3.05, 3.63) is 0 Å². The van der Waals surface area contributed by atoms with Gasteiger partial charge in [0.25, 0.3) is 0 Å². The van der Waals surface area contributed by atoms with Gasteiger partial charge in [0, 0.05) is 33.1 Å². The molecule has 0 aliphatic carbocycles. The Morgan fingerprint density at radius 1 is 1.47 bits per heavy atom. The van der Waals surface area contributed by atoms with E-state index in [1.807, 2.05) is 0 Å². The van der Waals surface area contributed by atoms with E-state index in [9.17, 15) is 14.7 Å². The second kappa shape index (κ2) is 7.33. The van der Waals surface area contributed by atoms with E-state index >= 15 is 0 Å². The van der Waals surface area contributed by atoms with Crippen LogP contribution in [0.1, 0.15) is 32.6 Å². The predicted molar refractivity (Wildman–Crippen MR) is 70.9 cm³/mol. The Morgan fingerprint density at radius 2 is 2.16 bits per heavy atom. The normalized spacial score (nSPS) is 20.4. The smallest absolute Gasteiger partial charge is 0.319 e. The lowest BCUT2D eigenvalue weighted by atomic mass is 10.0. The van der Waals surface area contributed by atoms with Crippen LogP contribution in [0.2, 0.25) is 0 Å². The van der Waals surface area contributed by atoms with Crippen molar-refractivity contribution in [2.24, 2.45) is 5.92 Å². The molecular formula is C13H24N2O4. The van der Waals surface area contributed by atoms with Crippen molar-refractivity contribution in [2.75, 3.05) is 26.7 Å². The Morgan fingerprint density at radius 3 is 2.74 bits per heavy atom. The number of aliphatic hydroxyl groups excluding tert-OH is 1. The molecule has 110 valence electrons. The Kier molecular flexibility index (Phi) is 6.08. The number of nitrogens with zero attached hydrogens (tertiary/aromatic N) is 2. The lowest BCUT2D eigenvalue weighted by molar-refractivity contribution is -0.137. The van der Waals surface area contributed by atoms with Crippen LogP contribution in [-0.2, 0) is 4.79 Å². The molecule has 0 aromatic heterocycles. The van der Waals surface area contributed by atoms with Gasteiger partial charge in [0.1, 0.15) is 0 Å². The Bertz CT molecular complexity index is 320. The van der Waals surface area contributed by atoms with E-state index in [1.165, 1.54) is 0 Å². The number of carbonyl (C=O) groups excluding carboxylic acids is 1. The highest BCUT2D eigenvalue weighted by atomic mass is 16.4. The average Bonchev–Trinajstić information content (AvgIpc) is 2.81. The van der Waals surface area contributed by atoms with Crippen molar-refractivity contribution in [1.29, 1.82) is 0 Å². The number of hydrogen-bond acceptors (Lipinski definition) is 3. The maximum Gasteiger partial charge on any atom is 0.319 e. The molecular weight excluding hydrogens is 248 g/mol. The molecule has 6 heteroatoms. The van der Waals surface area contributed by atoms with Crippen LogP contribution in [0, 0.1) is 5.92 Å². The molecule has 0 aromatic rings. The fraction of sp³-hybridized carbons (Fsp3) is 0.846. The van der Waals surface area contributed by atoms with Gasteiger partial charge >= 0.3 is 12.0 Å². The van der Waals surface area contributed by atoms with Gasteiger partial charge in [0.15, 0.2) is 0 Å². The van der Waals surface area contributed by atoms with Gasteiger partial charge in [-0.25, -0.2) is 4.79 Å². The van der Waals surface area contributed by atoms with Gasteiger partial charge in [0.2, 0.25) is 0 Å². The standard InChI is InChI=1S/C13H24N2O4/c1-10(16)5-7-14(2)13(19)15-8-6-11(9-15)3-4-12(17)18/h10-11,16H,3-9H2,1-2H3,(H,17,18). The zero-order chi connectivity index (χ0) is 14.4. The lowest BCUT2D eigenvalue weighted by Crippen LogP contribution is -2.40. The number of urea groups is 1. The first-order valence-corrected chi connectivity index (χ1v) is 6.80. The Labute approximate surface area is 114 Å². The number of carbonyl (C=O) groups is 2. The molecule has 1 heterocycles. The van der Waals surface area contributed by atoms with Crippen LogP contribution in [0.3, 0.4) is 0 Å². The van der Waals surface area contributed by atoms with E-state index < -0.39 is 12.1 Å². The van der Waals surface area contributed by atoms with Crippen LogP contribution in [0.5, 0.6) is 0 Å². The molecule has 1 aliphatic heterocycles. The van der Waals surface area contributed by atoms with Gasteiger partial charge in [-0.1, -0.05) is 0 Å². The molecule has 6 nitrogen and oxygen atoms in total. The average molecular weight is 272 g/mol. The third kappa shape index (κ3) is 5.46. The van der Waals surface area contributed by atoms with Crippen LogP contribution < -0.4 is 0 Å². The van der Waals surface area contributed by atoms with Gasteiger partial charge in [-0.05, 0) is 32.1 Å². The lowest BCUT2D eigenvalue weighted by Gasteiger charge is -2.25. The Hall–Kier alpha value is -1.30. The van der Waals surface area contributed by atoms with Crippen LogP contribution in [0.15, 0.2) is 0 Å². The number of carboxylic acids is 1. The van der Waals surface area contributed by atoms with Crippen molar-refractivity contribution in [2.45, 2.75) is 38.7 Å². The van der Waals surface area contributed by atoms with E-state index in [0.717, 1.165) is 6.42 Å². The fourth-order valence-electron chi connectivity index (χ4n) is 2.29. The number of amides is 2. The maximum absolute atomic E-state index is 12.1. The van der Waals surface area contributed by atoms with E-state index in [2.05, 4.69) is 0 Å². The molecule has 2 unspecified atom stereocenters. The number of likely N-dealkylation sites (tertiary alicyclic amines) is 1. The summed E-state index contributed by atoms with van der Waals surface area (Å²) in [6, 6.07) is -0.0292. The number of hydrogen-bond donors (Lipinski definition) is 2. The minimum Gasteiger partial charge on any atom is -0.481 e. The predicted octanol–water partition coefficient (Wildman–Crippen LogP) is 0.996. The summed E-state index contributed by atoms with van der Waals surface area (Å²) in [6.07, 6.45) is 1.85. The van der Waals surface area contributed by atoms with Gasteiger partial charge in [-0.15, -0.1) is 0 Å². The summed E-state index contributed by atoms with van der Waals surface area (Å²) in [6.45, 7) is 3.58. The second-order valence-corrected chi connectivity index (χ2v) is 5.37. The highest BCUT2D eigenvalue weighted by molar-refractivity contribution is 5.74. The molecule has 19 heavy (non-hydrogen) atoms. The quantitative estimate of drug-likeness (QED) is 0.755. The van der Waals surface area contributed by atoms with Gasteiger partial charge in [-0.3, -0.25) is 4.79 Å². The summed E-state index contributed by atoms with van der Waals surface area (Å²) in [5, 5.41) is 17.9. The van der Waals surface area contributed by atoms with Gasteiger partial charge < -0.3 is 20.0 Å². The van der Waals surface area contributed by atoms with E-state index in [0.29, 0.717) is 38.4 Å². The number of aliphatic hydroxyl groups is 1. The third-order valence-electron chi connectivity index (χ3n) is 3.53. The van der Waals surface area contributed by atoms with Gasteiger partial charge in [0.05, 0.1) is 6.10 Å². The minimum absolute atomic E-state index is 0.0292. The van der Waals surface area contributed by atoms with Crippen molar-refractivity contribution in [1.82, 2.24) is 9.80 Å². The molecule has 2 atom stereocenters. The molecule has 0 spiro atoms. The van der Waals surface area contributed by atoms with Crippen molar-refractivity contribution >= 4 is 12.0 Å². The highest BCUT2D eigenvalue weighted by Gasteiger charge is 2.28. The first-order chi connectivity index (χ1) is 8.90. The zero-order valence-electron chi connectivity index (χ0n) is 11.7. The SMILES string of the molecule is CC(O)CCN(C)C(=O)N1CCC(CCC(=O)O)C1. The van der Waals surface area contributed by atoms with Crippen LogP contribution in [-0.4, -0.2) is 64.8 Å². The molecule has 1 fully saturated rings. The molecule has 2 N–H and O–H groups in total. The molecule has 0 saturated carbocycles. The summed E-state index contributed by atoms with van der Waals surface area (Å²) >= 11 is 0. The number of rotatable bonds is 6. The van der Waals surface area contributed by atoms with E-state index in [1.54, 1.807) is 23.8 Å². The van der Waals surface area contributed by atoms with Crippen molar-refractivity contribution in [3.8, 4) is 0 Å². The Balaban J connectivity index is 2.32. The molecule has 1 rings (SSSR count). The zero-order valence-corrected chi connectivity index (χ0v) is 11.7. The number of aliphatic carboxylic acids is 1. The summed E-state index contributed by atoms with van der Waals surface area (Å²) < 4.78 is 0. The maximum atomic E-state index is 12.1. The molecule has 0 bridgehead atoms. The number of carboxylic acid groups (broad SMARTS) is 1. The molecule has 1 aliphatic rings. The molecule has 0 radical (unpaired) electrons. The summed E-state index contributed by atoms with van der Waals surface area (Å²) in [5.41, 5.74) is 0. The first kappa shape index (κ1) is 15.8. The molecule has 2 amide bonds. The minimum atomic E-state index is -0.779. The third-order valence-corrected chi connectivity index (χ3v) is 3.53. The summed E-state index contributed by atoms with van der Waals surface area (Å²) in [5.74, 6) is -0.482. The van der Waals surface area contributed by atoms with E-state index in [-0.39, 0.29) is 12.5 Å².